The minimum atomic E-state index is -1.32. The molecule has 4 amide bonds. The molecule has 0 unspecified atom stereocenters. The van der Waals surface area contributed by atoms with Crippen LogP contribution in [0.25, 0.3) is 5.70 Å². The summed E-state index contributed by atoms with van der Waals surface area (Å²) < 4.78 is 0. The van der Waals surface area contributed by atoms with Crippen LogP contribution in [-0.2, 0) is 4.79 Å². The number of amides is 4. The monoisotopic (exact) mass is 496 g/mol. The Morgan fingerprint density at radius 1 is 0.778 bits per heavy atom. The highest BCUT2D eigenvalue weighted by molar-refractivity contribution is 8.03. The fourth-order valence-electron chi connectivity index (χ4n) is 5.46. The maximum absolute atomic E-state index is 14.4. The van der Waals surface area contributed by atoms with Gasteiger partial charge in [-0.05, 0) is 42.2 Å². The van der Waals surface area contributed by atoms with E-state index in [2.05, 4.69) is 4.90 Å². The number of nitrogens with zero attached hydrogens (tertiary/aromatic N) is 4. The van der Waals surface area contributed by atoms with E-state index in [0.29, 0.717) is 24.5 Å². The maximum atomic E-state index is 14.4. The number of urea groups is 2. The Labute approximate surface area is 213 Å². The predicted octanol–water partition coefficient (Wildman–Crippen LogP) is 5.23. The first-order valence-electron chi connectivity index (χ1n) is 11.8. The minimum absolute atomic E-state index is 0.102. The molecule has 0 radical (unpaired) electrons. The molecule has 0 bridgehead atoms. The van der Waals surface area contributed by atoms with Crippen LogP contribution in [0.2, 0.25) is 0 Å². The van der Waals surface area contributed by atoms with E-state index >= 15 is 0 Å². The molecule has 3 aliphatic heterocycles. The van der Waals surface area contributed by atoms with Crippen molar-refractivity contribution in [3.05, 3.63) is 102 Å². The lowest BCUT2D eigenvalue weighted by Crippen LogP contribution is -2.80. The molecular formula is C28H24N4O3S. The van der Waals surface area contributed by atoms with Crippen LogP contribution in [0.3, 0.4) is 0 Å². The first kappa shape index (κ1) is 22.4. The Hall–Kier alpha value is -4.04. The van der Waals surface area contributed by atoms with Crippen LogP contribution in [0.15, 0.2) is 96.4 Å². The Morgan fingerprint density at radius 3 is 1.94 bits per heavy atom. The second kappa shape index (κ2) is 8.57. The van der Waals surface area contributed by atoms with Crippen LogP contribution in [-0.4, -0.2) is 51.8 Å². The number of ketones is 1. The van der Waals surface area contributed by atoms with Crippen molar-refractivity contribution in [1.82, 2.24) is 9.80 Å². The average molecular weight is 497 g/mol. The van der Waals surface area contributed by atoms with Gasteiger partial charge in [0.1, 0.15) is 11.0 Å². The summed E-state index contributed by atoms with van der Waals surface area (Å²) in [5.41, 5.74) is 2.96. The summed E-state index contributed by atoms with van der Waals surface area (Å²) in [5.74, 6) is -1.42. The SMILES string of the molecule is CC(=O)[C@@H]1SC=C(c2ccccc2)N2CCN3C(=O)N(c4ccccc4)C(=O)N(c4ccccc4)[C@]132. The first-order valence-corrected chi connectivity index (χ1v) is 12.7. The van der Waals surface area contributed by atoms with E-state index in [9.17, 15) is 14.4 Å². The molecule has 3 heterocycles. The number of Topliss-reactive ketones (excluding diaryl/α,β-unsaturated/α-hetero) is 1. The average Bonchev–Trinajstić information content (AvgIpc) is 3.31. The molecule has 0 N–H and O–H groups in total. The van der Waals surface area contributed by atoms with Gasteiger partial charge in [-0.2, -0.15) is 0 Å². The van der Waals surface area contributed by atoms with E-state index < -0.39 is 23.1 Å². The molecular weight excluding hydrogens is 472 g/mol. The number of para-hydroxylation sites is 2. The van der Waals surface area contributed by atoms with Gasteiger partial charge >= 0.3 is 12.1 Å². The fourth-order valence-corrected chi connectivity index (χ4v) is 6.72. The summed E-state index contributed by atoms with van der Waals surface area (Å²) >= 11 is 1.37. The number of benzene rings is 3. The van der Waals surface area contributed by atoms with Crippen LogP contribution in [0.5, 0.6) is 0 Å². The van der Waals surface area contributed by atoms with Gasteiger partial charge in [0.25, 0.3) is 0 Å². The van der Waals surface area contributed by atoms with E-state index in [1.165, 1.54) is 23.6 Å². The Morgan fingerprint density at radius 2 is 1.33 bits per heavy atom. The molecule has 2 atom stereocenters. The van der Waals surface area contributed by atoms with Crippen molar-refractivity contribution < 1.29 is 14.4 Å². The smallest absolute Gasteiger partial charge is 0.327 e. The van der Waals surface area contributed by atoms with Gasteiger partial charge in [0.2, 0.25) is 5.79 Å². The van der Waals surface area contributed by atoms with Crippen molar-refractivity contribution in [3.8, 4) is 0 Å². The van der Waals surface area contributed by atoms with E-state index in [0.717, 1.165) is 11.3 Å². The fraction of sp³-hybridized carbons (Fsp3) is 0.179. The molecule has 3 aliphatic rings. The van der Waals surface area contributed by atoms with E-state index in [4.69, 9.17) is 0 Å². The molecule has 1 spiro atoms. The molecule has 36 heavy (non-hydrogen) atoms. The molecule has 7 nitrogen and oxygen atoms in total. The summed E-state index contributed by atoms with van der Waals surface area (Å²) in [6.07, 6.45) is 0. The third kappa shape index (κ3) is 3.10. The van der Waals surface area contributed by atoms with Gasteiger partial charge in [0.05, 0.1) is 11.4 Å². The standard InChI is InChI=1S/C28H24N4O3S/c1-20(33)25-28-29(24(19-36-25)21-11-5-2-6-12-21)17-18-30(28)26(34)31(22-13-7-3-8-14-22)27(35)32(28)23-15-9-4-10-16-23/h2-16,19,25H,17-18H2,1H3/t25-,28-/m0/s1. The molecule has 6 rings (SSSR count). The predicted molar refractivity (Wildman–Crippen MR) is 141 cm³/mol. The lowest BCUT2D eigenvalue weighted by atomic mass is 10.0. The van der Waals surface area contributed by atoms with Crippen LogP contribution < -0.4 is 9.80 Å². The number of carbonyl (C=O) groups excluding carboxylic acids is 3. The van der Waals surface area contributed by atoms with Crippen molar-refractivity contribution in [2.45, 2.75) is 18.0 Å². The maximum Gasteiger partial charge on any atom is 0.340 e. The van der Waals surface area contributed by atoms with Gasteiger partial charge in [-0.3, -0.25) is 9.69 Å². The number of thioether (sulfide) groups is 1. The Bertz CT molecular complexity index is 1370. The molecule has 3 aromatic carbocycles. The van der Waals surface area contributed by atoms with E-state index in [-0.39, 0.29) is 5.78 Å². The number of hydrogen-bond donors (Lipinski definition) is 0. The normalized spacial score (nSPS) is 23.4. The summed E-state index contributed by atoms with van der Waals surface area (Å²) in [4.78, 5) is 48.3. The largest absolute Gasteiger partial charge is 0.340 e. The van der Waals surface area contributed by atoms with E-state index in [1.807, 2.05) is 72.1 Å². The summed E-state index contributed by atoms with van der Waals surface area (Å²) in [5, 5.41) is 1.29. The van der Waals surface area contributed by atoms with Crippen molar-refractivity contribution >= 4 is 46.7 Å². The number of carbonyl (C=O) groups is 3. The van der Waals surface area contributed by atoms with Gasteiger partial charge in [-0.25, -0.2) is 19.4 Å². The van der Waals surface area contributed by atoms with Crippen molar-refractivity contribution in [1.29, 1.82) is 0 Å². The minimum Gasteiger partial charge on any atom is -0.327 e. The highest BCUT2D eigenvalue weighted by Gasteiger charge is 2.68. The quantitative estimate of drug-likeness (QED) is 0.495. The second-order valence-corrected chi connectivity index (χ2v) is 9.87. The highest BCUT2D eigenvalue weighted by Crippen LogP contribution is 2.52. The van der Waals surface area contributed by atoms with Crippen LogP contribution >= 0.6 is 11.8 Å². The van der Waals surface area contributed by atoms with Crippen molar-refractivity contribution in [2.75, 3.05) is 22.9 Å². The summed E-state index contributed by atoms with van der Waals surface area (Å²) in [7, 11) is 0. The zero-order valence-corrected chi connectivity index (χ0v) is 20.5. The Kier molecular flexibility index (Phi) is 5.34. The Balaban J connectivity index is 1.61. The number of anilines is 2. The third-order valence-electron chi connectivity index (χ3n) is 6.90. The summed E-state index contributed by atoms with van der Waals surface area (Å²) in [6, 6.07) is 27.2. The molecule has 3 aromatic rings. The summed E-state index contributed by atoms with van der Waals surface area (Å²) in [6.45, 7) is 2.38. The van der Waals surface area contributed by atoms with Crippen LogP contribution in [0.1, 0.15) is 12.5 Å². The number of rotatable bonds is 4. The highest BCUT2D eigenvalue weighted by atomic mass is 32.2. The van der Waals surface area contributed by atoms with Gasteiger partial charge in [-0.1, -0.05) is 66.7 Å². The molecule has 8 heteroatoms. The molecule has 0 aromatic heterocycles. The van der Waals surface area contributed by atoms with E-state index in [1.54, 1.807) is 34.1 Å². The number of hydrogen-bond acceptors (Lipinski definition) is 5. The molecule has 2 saturated heterocycles. The van der Waals surface area contributed by atoms with Gasteiger partial charge < -0.3 is 4.90 Å². The zero-order valence-electron chi connectivity index (χ0n) is 19.7. The lowest BCUT2D eigenvalue weighted by Gasteiger charge is -2.59. The number of imide groups is 1. The molecule has 180 valence electrons. The lowest BCUT2D eigenvalue weighted by molar-refractivity contribution is -0.119. The van der Waals surface area contributed by atoms with Crippen LogP contribution in [0, 0.1) is 0 Å². The van der Waals surface area contributed by atoms with Gasteiger partial charge in [-0.15, -0.1) is 11.8 Å². The third-order valence-corrected chi connectivity index (χ3v) is 8.18. The molecule has 2 fully saturated rings. The zero-order chi connectivity index (χ0) is 24.9. The molecule has 0 saturated carbocycles. The van der Waals surface area contributed by atoms with Crippen LogP contribution in [0.4, 0.5) is 21.0 Å². The second-order valence-electron chi connectivity index (χ2n) is 8.89. The van der Waals surface area contributed by atoms with Crippen molar-refractivity contribution in [3.63, 3.8) is 0 Å². The first-order chi connectivity index (χ1) is 17.5. The molecule has 0 aliphatic carbocycles. The van der Waals surface area contributed by atoms with Gasteiger partial charge in [0, 0.05) is 18.8 Å². The van der Waals surface area contributed by atoms with Gasteiger partial charge in [0.15, 0.2) is 0 Å². The van der Waals surface area contributed by atoms with Crippen molar-refractivity contribution in [2.24, 2.45) is 0 Å². The topological polar surface area (TPSA) is 64.2 Å².